The molecule has 5 heteroatoms. The summed E-state index contributed by atoms with van der Waals surface area (Å²) in [7, 11) is 0. The predicted octanol–water partition coefficient (Wildman–Crippen LogP) is 2.87. The van der Waals surface area contributed by atoms with Gasteiger partial charge in [0, 0.05) is 17.5 Å². The molecule has 2 N–H and O–H groups in total. The van der Waals surface area contributed by atoms with E-state index in [1.165, 1.54) is 29.5 Å². The summed E-state index contributed by atoms with van der Waals surface area (Å²) >= 11 is 1.43. The monoisotopic (exact) mass is 289 g/mol. The zero-order valence-corrected chi connectivity index (χ0v) is 11.3. The number of aliphatic hydroxyl groups excluding tert-OH is 1. The number of rotatable bonds is 3. The highest BCUT2D eigenvalue weighted by atomic mass is 32.1. The summed E-state index contributed by atoms with van der Waals surface area (Å²) in [6.07, 6.45) is 0.283. The number of nitrogens with one attached hydrogen (secondary N) is 1. The van der Waals surface area contributed by atoms with Crippen LogP contribution in [0.3, 0.4) is 0 Å². The number of halogens is 1. The van der Waals surface area contributed by atoms with E-state index in [9.17, 15) is 9.18 Å². The minimum atomic E-state index is -0.455. The number of hydrogen-bond acceptors (Lipinski definition) is 3. The van der Waals surface area contributed by atoms with Crippen LogP contribution in [0.4, 0.5) is 10.1 Å². The molecule has 0 fully saturated rings. The van der Waals surface area contributed by atoms with Crippen molar-refractivity contribution in [3.8, 4) is 11.8 Å². The third kappa shape index (κ3) is 3.67. The molecule has 20 heavy (non-hydrogen) atoms. The van der Waals surface area contributed by atoms with Gasteiger partial charge in [0.25, 0.3) is 5.91 Å². The first-order chi connectivity index (χ1) is 9.70. The lowest BCUT2D eigenvalue weighted by Crippen LogP contribution is -2.10. The zero-order valence-electron chi connectivity index (χ0n) is 10.5. The lowest BCUT2D eigenvalue weighted by atomic mass is 10.1. The fourth-order valence-corrected chi connectivity index (χ4v) is 2.15. The molecule has 1 aromatic heterocycles. The summed E-state index contributed by atoms with van der Waals surface area (Å²) in [5.41, 5.74) is 1.24. The average molecular weight is 289 g/mol. The Labute approximate surface area is 120 Å². The van der Waals surface area contributed by atoms with Crippen molar-refractivity contribution in [2.45, 2.75) is 6.42 Å². The van der Waals surface area contributed by atoms with Gasteiger partial charge in [-0.25, -0.2) is 4.39 Å². The molecule has 0 unspecified atom stereocenters. The molecule has 1 amide bonds. The van der Waals surface area contributed by atoms with Gasteiger partial charge in [0.1, 0.15) is 5.82 Å². The Bertz CT molecular complexity index is 656. The number of anilines is 1. The van der Waals surface area contributed by atoms with Crippen molar-refractivity contribution in [1.82, 2.24) is 0 Å². The molecule has 0 atom stereocenters. The number of carbonyl (C=O) groups is 1. The Kier molecular flexibility index (Phi) is 4.88. The summed E-state index contributed by atoms with van der Waals surface area (Å²) in [5, 5.41) is 14.9. The van der Waals surface area contributed by atoms with E-state index in [0.29, 0.717) is 11.3 Å². The Balaban J connectivity index is 2.15. The number of amides is 1. The standard InChI is InChI=1S/C15H12FNO2S/c16-14-5-4-13(9-11(14)3-1-2-7-18)17-15(19)12-6-8-20-10-12/h4-6,8-10,18H,2,7H2,(H,17,19). The molecule has 1 aromatic carbocycles. The van der Waals surface area contributed by atoms with Crippen LogP contribution in [0.2, 0.25) is 0 Å². The van der Waals surface area contributed by atoms with Crippen LogP contribution >= 0.6 is 11.3 Å². The van der Waals surface area contributed by atoms with Gasteiger partial charge < -0.3 is 10.4 Å². The maximum absolute atomic E-state index is 13.5. The van der Waals surface area contributed by atoms with Crippen LogP contribution in [0.1, 0.15) is 22.3 Å². The van der Waals surface area contributed by atoms with Gasteiger partial charge in [0.05, 0.1) is 17.7 Å². The second-order valence-electron chi connectivity index (χ2n) is 3.94. The molecule has 0 saturated heterocycles. The normalized spacial score (nSPS) is 9.70. The van der Waals surface area contributed by atoms with E-state index >= 15 is 0 Å². The number of carbonyl (C=O) groups excluding carboxylic acids is 1. The Morgan fingerprint density at radius 2 is 2.25 bits per heavy atom. The predicted molar refractivity (Wildman–Crippen MR) is 77.3 cm³/mol. The quantitative estimate of drug-likeness (QED) is 0.854. The summed E-state index contributed by atoms with van der Waals surface area (Å²) in [6.45, 7) is -0.0663. The molecular formula is C15H12FNO2S. The van der Waals surface area contributed by atoms with Crippen LogP contribution in [0, 0.1) is 17.7 Å². The number of hydrogen-bond donors (Lipinski definition) is 2. The van der Waals surface area contributed by atoms with E-state index in [4.69, 9.17) is 5.11 Å². The molecule has 1 heterocycles. The minimum Gasteiger partial charge on any atom is -0.395 e. The number of benzene rings is 1. The first-order valence-corrected chi connectivity index (χ1v) is 6.88. The van der Waals surface area contributed by atoms with Gasteiger partial charge in [0.15, 0.2) is 0 Å². The minimum absolute atomic E-state index is 0.0663. The largest absolute Gasteiger partial charge is 0.395 e. The third-order valence-corrected chi connectivity index (χ3v) is 3.15. The summed E-state index contributed by atoms with van der Waals surface area (Å²) < 4.78 is 13.5. The SMILES string of the molecule is O=C(Nc1ccc(F)c(C#CCCO)c1)c1ccsc1. The summed E-state index contributed by atoms with van der Waals surface area (Å²) in [4.78, 5) is 11.9. The number of thiophene rings is 1. The molecule has 2 rings (SSSR count). The van der Waals surface area contributed by atoms with Crippen LogP contribution in [0.15, 0.2) is 35.0 Å². The van der Waals surface area contributed by atoms with Crippen LogP contribution in [0.5, 0.6) is 0 Å². The van der Waals surface area contributed by atoms with Crippen LogP contribution < -0.4 is 5.32 Å². The molecule has 0 aliphatic carbocycles. The fourth-order valence-electron chi connectivity index (χ4n) is 1.51. The second kappa shape index (κ2) is 6.85. The molecule has 0 spiro atoms. The lowest BCUT2D eigenvalue weighted by Gasteiger charge is -2.05. The molecule has 0 bridgehead atoms. The van der Waals surface area contributed by atoms with Gasteiger partial charge >= 0.3 is 0 Å². The van der Waals surface area contributed by atoms with Gasteiger partial charge in [-0.05, 0) is 29.6 Å². The number of aliphatic hydroxyl groups is 1. The van der Waals surface area contributed by atoms with E-state index in [0.717, 1.165) is 0 Å². The summed E-state index contributed by atoms with van der Waals surface area (Å²) in [5.74, 6) is 4.58. The molecule has 0 aliphatic heterocycles. The van der Waals surface area contributed by atoms with Gasteiger partial charge in [-0.1, -0.05) is 11.8 Å². The first-order valence-electron chi connectivity index (χ1n) is 5.93. The highest BCUT2D eigenvalue weighted by molar-refractivity contribution is 7.08. The smallest absolute Gasteiger partial charge is 0.256 e. The average Bonchev–Trinajstić information content (AvgIpc) is 2.96. The van der Waals surface area contributed by atoms with Crippen LogP contribution in [-0.2, 0) is 0 Å². The van der Waals surface area contributed by atoms with E-state index in [-0.39, 0.29) is 24.5 Å². The first kappa shape index (κ1) is 14.3. The molecule has 0 radical (unpaired) electrons. The van der Waals surface area contributed by atoms with Crippen molar-refractivity contribution in [2.24, 2.45) is 0 Å². The Hall–Kier alpha value is -2.16. The van der Waals surface area contributed by atoms with E-state index < -0.39 is 5.82 Å². The molecule has 0 saturated carbocycles. The summed E-state index contributed by atoms with van der Waals surface area (Å²) in [6, 6.07) is 5.93. The molecular weight excluding hydrogens is 277 g/mol. The van der Waals surface area contributed by atoms with E-state index in [1.807, 2.05) is 5.38 Å². The molecule has 2 aromatic rings. The highest BCUT2D eigenvalue weighted by Gasteiger charge is 2.07. The van der Waals surface area contributed by atoms with Gasteiger partial charge in [-0.2, -0.15) is 11.3 Å². The highest BCUT2D eigenvalue weighted by Crippen LogP contribution is 2.16. The van der Waals surface area contributed by atoms with Crippen molar-refractivity contribution in [3.63, 3.8) is 0 Å². The Morgan fingerprint density at radius 1 is 1.40 bits per heavy atom. The van der Waals surface area contributed by atoms with Gasteiger partial charge in [-0.15, -0.1) is 0 Å². The molecule has 3 nitrogen and oxygen atoms in total. The van der Waals surface area contributed by atoms with Crippen LogP contribution in [-0.4, -0.2) is 17.6 Å². The van der Waals surface area contributed by atoms with Crippen molar-refractivity contribution in [3.05, 3.63) is 52.0 Å². The Morgan fingerprint density at radius 3 is 2.95 bits per heavy atom. The third-order valence-electron chi connectivity index (χ3n) is 2.47. The molecule has 0 aliphatic rings. The molecule has 102 valence electrons. The fraction of sp³-hybridized carbons (Fsp3) is 0.133. The van der Waals surface area contributed by atoms with Crippen molar-refractivity contribution in [2.75, 3.05) is 11.9 Å². The maximum atomic E-state index is 13.5. The van der Waals surface area contributed by atoms with Gasteiger partial charge in [-0.3, -0.25) is 4.79 Å². The lowest BCUT2D eigenvalue weighted by molar-refractivity contribution is 0.102. The second-order valence-corrected chi connectivity index (χ2v) is 4.72. The van der Waals surface area contributed by atoms with Crippen molar-refractivity contribution >= 4 is 22.9 Å². The van der Waals surface area contributed by atoms with Crippen molar-refractivity contribution < 1.29 is 14.3 Å². The maximum Gasteiger partial charge on any atom is 0.256 e. The zero-order chi connectivity index (χ0) is 14.4. The topological polar surface area (TPSA) is 49.3 Å². The van der Waals surface area contributed by atoms with E-state index in [1.54, 1.807) is 11.4 Å². The van der Waals surface area contributed by atoms with Gasteiger partial charge in [0.2, 0.25) is 0 Å². The van der Waals surface area contributed by atoms with E-state index in [2.05, 4.69) is 17.2 Å². The van der Waals surface area contributed by atoms with Crippen LogP contribution in [0.25, 0.3) is 0 Å². The van der Waals surface area contributed by atoms with Crippen molar-refractivity contribution in [1.29, 1.82) is 0 Å².